The van der Waals surface area contributed by atoms with Crippen molar-refractivity contribution in [3.8, 4) is 0 Å². The number of nitrogens with zero attached hydrogens (tertiary/aromatic N) is 5. The summed E-state index contributed by atoms with van der Waals surface area (Å²) in [4.78, 5) is 7.13. The SMILES string of the molecule is CCCN(CCC)c1ccc(N2C=C3N=C(c4ccccc4)NN3C=N2)cc1. The average Bonchev–Trinajstić information content (AvgIpc) is 3.18. The molecule has 2 aliphatic heterocycles. The third-order valence-electron chi connectivity index (χ3n) is 4.74. The van der Waals surface area contributed by atoms with Crippen molar-refractivity contribution in [2.45, 2.75) is 26.7 Å². The molecule has 2 aliphatic rings. The lowest BCUT2D eigenvalue weighted by molar-refractivity contribution is 0.493. The number of hydrazone groups is 1. The molecule has 6 nitrogen and oxygen atoms in total. The zero-order chi connectivity index (χ0) is 19.3. The second-order valence-electron chi connectivity index (χ2n) is 6.87. The number of hydrogen-bond acceptors (Lipinski definition) is 6. The number of anilines is 2. The summed E-state index contributed by atoms with van der Waals surface area (Å²) in [6.45, 7) is 6.60. The maximum atomic E-state index is 4.70. The number of hydrogen-bond donors (Lipinski definition) is 1. The van der Waals surface area contributed by atoms with Gasteiger partial charge in [0.15, 0.2) is 11.7 Å². The van der Waals surface area contributed by atoms with Crippen LogP contribution in [-0.2, 0) is 0 Å². The van der Waals surface area contributed by atoms with Gasteiger partial charge in [-0.25, -0.2) is 15.0 Å². The molecule has 0 unspecified atom stereocenters. The van der Waals surface area contributed by atoms with Crippen LogP contribution in [0.1, 0.15) is 32.3 Å². The first-order chi connectivity index (χ1) is 13.8. The zero-order valence-electron chi connectivity index (χ0n) is 16.4. The van der Waals surface area contributed by atoms with Gasteiger partial charge in [0.2, 0.25) is 0 Å². The highest BCUT2D eigenvalue weighted by molar-refractivity contribution is 6.01. The number of benzene rings is 2. The smallest absolute Gasteiger partial charge is 0.173 e. The summed E-state index contributed by atoms with van der Waals surface area (Å²) in [5, 5.41) is 8.22. The van der Waals surface area contributed by atoms with Gasteiger partial charge in [0.05, 0.1) is 11.9 Å². The maximum absolute atomic E-state index is 4.70. The van der Waals surface area contributed by atoms with Crippen molar-refractivity contribution in [3.05, 3.63) is 72.2 Å². The summed E-state index contributed by atoms with van der Waals surface area (Å²) < 4.78 is 0. The molecule has 0 aliphatic carbocycles. The van der Waals surface area contributed by atoms with Gasteiger partial charge >= 0.3 is 0 Å². The fourth-order valence-corrected chi connectivity index (χ4v) is 3.39. The Hall–Kier alpha value is -3.28. The summed E-state index contributed by atoms with van der Waals surface area (Å²) in [7, 11) is 0. The van der Waals surface area contributed by atoms with Crippen LogP contribution in [0.2, 0.25) is 0 Å². The summed E-state index contributed by atoms with van der Waals surface area (Å²) >= 11 is 0. The van der Waals surface area contributed by atoms with E-state index in [9.17, 15) is 0 Å². The zero-order valence-corrected chi connectivity index (χ0v) is 16.4. The monoisotopic (exact) mass is 374 g/mol. The fourth-order valence-electron chi connectivity index (χ4n) is 3.39. The predicted molar refractivity (Wildman–Crippen MR) is 116 cm³/mol. The van der Waals surface area contributed by atoms with Crippen LogP contribution in [0.5, 0.6) is 0 Å². The molecule has 0 fully saturated rings. The van der Waals surface area contributed by atoms with Crippen molar-refractivity contribution in [3.63, 3.8) is 0 Å². The maximum Gasteiger partial charge on any atom is 0.173 e. The lowest BCUT2D eigenvalue weighted by Crippen LogP contribution is -2.37. The highest BCUT2D eigenvalue weighted by Crippen LogP contribution is 2.25. The van der Waals surface area contributed by atoms with Crippen LogP contribution in [0.25, 0.3) is 0 Å². The number of rotatable bonds is 7. The van der Waals surface area contributed by atoms with Crippen LogP contribution in [-0.4, -0.2) is 30.3 Å². The van der Waals surface area contributed by atoms with E-state index in [1.807, 2.05) is 46.5 Å². The van der Waals surface area contributed by atoms with Crippen LogP contribution in [0, 0.1) is 0 Å². The highest BCUT2D eigenvalue weighted by atomic mass is 15.6. The summed E-state index contributed by atoms with van der Waals surface area (Å²) in [6, 6.07) is 18.7. The minimum Gasteiger partial charge on any atom is -0.372 e. The molecule has 0 radical (unpaired) electrons. The predicted octanol–water partition coefficient (Wildman–Crippen LogP) is 4.14. The van der Waals surface area contributed by atoms with E-state index >= 15 is 0 Å². The van der Waals surface area contributed by atoms with Crippen LogP contribution < -0.4 is 15.3 Å². The van der Waals surface area contributed by atoms with Crippen molar-refractivity contribution in [1.29, 1.82) is 0 Å². The van der Waals surface area contributed by atoms with E-state index < -0.39 is 0 Å². The van der Waals surface area contributed by atoms with E-state index in [1.54, 1.807) is 6.34 Å². The van der Waals surface area contributed by atoms with Crippen molar-refractivity contribution in [1.82, 2.24) is 10.4 Å². The van der Waals surface area contributed by atoms with E-state index in [4.69, 9.17) is 4.99 Å². The molecule has 0 spiro atoms. The van der Waals surface area contributed by atoms with Gasteiger partial charge in [0.25, 0.3) is 0 Å². The summed E-state index contributed by atoms with van der Waals surface area (Å²) in [5.41, 5.74) is 6.59. The average molecular weight is 374 g/mol. The van der Waals surface area contributed by atoms with Crippen LogP contribution >= 0.6 is 0 Å². The van der Waals surface area contributed by atoms with Gasteiger partial charge in [-0.15, -0.1) is 0 Å². The van der Waals surface area contributed by atoms with E-state index in [2.05, 4.69) is 53.5 Å². The van der Waals surface area contributed by atoms with Gasteiger partial charge in [-0.2, -0.15) is 5.10 Å². The molecule has 144 valence electrons. The standard InChI is InChI=1S/C22H26N6/c1-3-14-26(15-4-2)19-10-12-20(13-11-19)27-16-21-24-22(25-28(21)17-23-27)18-8-6-5-7-9-18/h5-13,16-17H,3-4,14-15H2,1-2H3,(H,24,25). The Kier molecular flexibility index (Phi) is 5.28. The largest absolute Gasteiger partial charge is 0.372 e. The molecule has 0 amide bonds. The first-order valence-electron chi connectivity index (χ1n) is 9.88. The van der Waals surface area contributed by atoms with Gasteiger partial charge in [-0.05, 0) is 37.1 Å². The topological polar surface area (TPSA) is 46.5 Å². The van der Waals surface area contributed by atoms with Gasteiger partial charge in [-0.1, -0.05) is 44.2 Å². The summed E-state index contributed by atoms with van der Waals surface area (Å²) in [6.07, 6.45) is 5.99. The molecule has 2 aromatic rings. The van der Waals surface area contributed by atoms with Crippen molar-refractivity contribution in [2.75, 3.05) is 23.0 Å². The first-order valence-corrected chi connectivity index (χ1v) is 9.88. The molecule has 28 heavy (non-hydrogen) atoms. The quantitative estimate of drug-likeness (QED) is 0.791. The van der Waals surface area contributed by atoms with E-state index in [0.717, 1.165) is 48.8 Å². The molecule has 0 saturated carbocycles. The molecule has 1 N–H and O–H groups in total. The molecule has 0 atom stereocenters. The molecule has 2 heterocycles. The lowest BCUT2D eigenvalue weighted by atomic mass is 10.2. The molecule has 4 rings (SSSR count). The Balaban J connectivity index is 1.52. The fraction of sp³-hybridized carbons (Fsp3) is 0.273. The number of hydrazine groups is 1. The molecule has 2 aromatic carbocycles. The molecular formula is C22H26N6. The second-order valence-corrected chi connectivity index (χ2v) is 6.87. The normalized spacial score (nSPS) is 15.1. The lowest BCUT2D eigenvalue weighted by Gasteiger charge is -2.26. The Morgan fingerprint density at radius 3 is 2.32 bits per heavy atom. The number of aliphatic imine (C=N–C) groups is 1. The Morgan fingerprint density at radius 1 is 0.929 bits per heavy atom. The van der Waals surface area contributed by atoms with Crippen molar-refractivity contribution in [2.24, 2.45) is 10.1 Å². The second kappa shape index (κ2) is 8.17. The van der Waals surface area contributed by atoms with Crippen molar-refractivity contribution < 1.29 is 0 Å². The molecule has 0 aromatic heterocycles. The van der Waals surface area contributed by atoms with Crippen LogP contribution in [0.4, 0.5) is 11.4 Å². The molecular weight excluding hydrogens is 348 g/mol. The van der Waals surface area contributed by atoms with Crippen LogP contribution in [0.15, 0.2) is 76.7 Å². The van der Waals surface area contributed by atoms with Crippen LogP contribution in [0.3, 0.4) is 0 Å². The van der Waals surface area contributed by atoms with Gasteiger partial charge < -0.3 is 4.90 Å². The third kappa shape index (κ3) is 3.71. The van der Waals surface area contributed by atoms with E-state index in [0.29, 0.717) is 0 Å². The Bertz CT molecular complexity index is 879. The number of amidine groups is 1. The molecule has 6 heteroatoms. The van der Waals surface area contributed by atoms with E-state index in [-0.39, 0.29) is 0 Å². The Labute approximate surface area is 166 Å². The highest BCUT2D eigenvalue weighted by Gasteiger charge is 2.23. The third-order valence-corrected chi connectivity index (χ3v) is 4.74. The minimum atomic E-state index is 0.816. The van der Waals surface area contributed by atoms with Gasteiger partial charge in [-0.3, -0.25) is 5.43 Å². The minimum absolute atomic E-state index is 0.816. The first kappa shape index (κ1) is 18.1. The number of fused-ring (bicyclic) bond motifs is 1. The number of nitrogens with one attached hydrogen (secondary N) is 1. The summed E-state index contributed by atoms with van der Waals surface area (Å²) in [5.74, 6) is 1.64. The molecule has 0 saturated heterocycles. The van der Waals surface area contributed by atoms with Gasteiger partial charge in [0.1, 0.15) is 6.34 Å². The van der Waals surface area contributed by atoms with E-state index in [1.165, 1.54) is 5.69 Å². The van der Waals surface area contributed by atoms with Crippen molar-refractivity contribution >= 4 is 23.5 Å². The van der Waals surface area contributed by atoms with Gasteiger partial charge in [0, 0.05) is 24.3 Å². The Morgan fingerprint density at radius 2 is 1.64 bits per heavy atom. The molecule has 0 bridgehead atoms.